The highest BCUT2D eigenvalue weighted by Gasteiger charge is 2.21. The number of hydrogen-bond acceptors (Lipinski definition) is 4. The Balaban J connectivity index is 2.13. The van der Waals surface area contributed by atoms with E-state index < -0.39 is 0 Å². The number of nitrogens with one attached hydrogen (secondary N) is 1. The number of nitrogens with zero attached hydrogens (tertiary/aromatic N) is 2. The van der Waals surface area contributed by atoms with Crippen LogP contribution in [0.25, 0.3) is 0 Å². The van der Waals surface area contributed by atoms with Crippen molar-refractivity contribution in [2.24, 2.45) is 0 Å². The number of halogens is 1. The van der Waals surface area contributed by atoms with Crippen LogP contribution in [0.3, 0.4) is 0 Å². The van der Waals surface area contributed by atoms with Gasteiger partial charge in [0.25, 0.3) is 5.69 Å². The third kappa shape index (κ3) is 3.58. The zero-order valence-electron chi connectivity index (χ0n) is 10.9. The van der Waals surface area contributed by atoms with E-state index in [0.717, 1.165) is 19.5 Å². The molecule has 1 N–H and O–H groups in total. The lowest BCUT2D eigenvalue weighted by molar-refractivity contribution is -0.384. The summed E-state index contributed by atoms with van der Waals surface area (Å²) in [5.41, 5.74) is 0.674. The summed E-state index contributed by atoms with van der Waals surface area (Å²) in [6, 6.07) is 5.20. The Morgan fingerprint density at radius 1 is 1.53 bits per heavy atom. The summed E-state index contributed by atoms with van der Waals surface area (Å²) >= 11 is 5.82. The molecule has 1 heterocycles. The monoisotopic (exact) mass is 283 g/mol. The summed E-state index contributed by atoms with van der Waals surface area (Å²) < 4.78 is 0. The number of nitro groups is 1. The van der Waals surface area contributed by atoms with E-state index in [-0.39, 0.29) is 10.6 Å². The number of benzene rings is 1. The SMILES string of the molecule is CN(CC1CCCCN1)c1ccc(Cl)cc1[N+](=O)[O-]. The molecule has 1 aliphatic rings. The highest BCUT2D eigenvalue weighted by atomic mass is 35.5. The fourth-order valence-corrected chi connectivity index (χ4v) is 2.64. The zero-order valence-corrected chi connectivity index (χ0v) is 11.7. The minimum Gasteiger partial charge on any atom is -0.367 e. The van der Waals surface area contributed by atoms with E-state index >= 15 is 0 Å². The van der Waals surface area contributed by atoms with Gasteiger partial charge in [-0.05, 0) is 31.5 Å². The average molecular weight is 284 g/mol. The summed E-state index contributed by atoms with van der Waals surface area (Å²) in [5.74, 6) is 0. The van der Waals surface area contributed by atoms with Gasteiger partial charge in [-0.25, -0.2) is 0 Å². The quantitative estimate of drug-likeness (QED) is 0.682. The first-order chi connectivity index (χ1) is 9.08. The molecule has 1 saturated heterocycles. The van der Waals surface area contributed by atoms with Crippen LogP contribution in [-0.4, -0.2) is 31.1 Å². The molecule has 0 radical (unpaired) electrons. The van der Waals surface area contributed by atoms with Crippen LogP contribution in [0.5, 0.6) is 0 Å². The molecule has 19 heavy (non-hydrogen) atoms. The highest BCUT2D eigenvalue weighted by Crippen LogP contribution is 2.30. The van der Waals surface area contributed by atoms with Crippen molar-refractivity contribution >= 4 is 23.0 Å². The molecule has 0 amide bonds. The number of likely N-dealkylation sites (N-methyl/N-ethyl adjacent to an activating group) is 1. The Kier molecular flexibility index (Phi) is 4.61. The van der Waals surface area contributed by atoms with Gasteiger partial charge in [0.15, 0.2) is 0 Å². The van der Waals surface area contributed by atoms with Crippen LogP contribution in [0, 0.1) is 10.1 Å². The third-order valence-electron chi connectivity index (χ3n) is 3.45. The Hall–Kier alpha value is -1.33. The van der Waals surface area contributed by atoms with E-state index in [2.05, 4.69) is 5.32 Å². The molecular weight excluding hydrogens is 266 g/mol. The summed E-state index contributed by atoms with van der Waals surface area (Å²) in [6.45, 7) is 1.80. The lowest BCUT2D eigenvalue weighted by Gasteiger charge is -2.29. The first-order valence-corrected chi connectivity index (χ1v) is 6.84. The maximum absolute atomic E-state index is 11.1. The summed E-state index contributed by atoms with van der Waals surface area (Å²) in [6.07, 6.45) is 3.54. The first kappa shape index (κ1) is 14.1. The number of hydrogen-bond donors (Lipinski definition) is 1. The second-order valence-corrected chi connectivity index (χ2v) is 5.35. The second-order valence-electron chi connectivity index (χ2n) is 4.92. The zero-order chi connectivity index (χ0) is 13.8. The van der Waals surface area contributed by atoms with Crippen molar-refractivity contribution in [3.05, 3.63) is 33.3 Å². The number of nitro benzene ring substituents is 1. The topological polar surface area (TPSA) is 58.4 Å². The van der Waals surface area contributed by atoms with Gasteiger partial charge in [-0.2, -0.15) is 0 Å². The molecule has 104 valence electrons. The Bertz CT molecular complexity index is 461. The molecule has 1 aromatic carbocycles. The van der Waals surface area contributed by atoms with Gasteiger partial charge in [-0.3, -0.25) is 10.1 Å². The second kappa shape index (κ2) is 6.21. The summed E-state index contributed by atoms with van der Waals surface area (Å²) in [4.78, 5) is 12.6. The molecule has 1 fully saturated rings. The molecule has 6 heteroatoms. The maximum Gasteiger partial charge on any atom is 0.294 e. The molecule has 0 aromatic heterocycles. The highest BCUT2D eigenvalue weighted by molar-refractivity contribution is 6.30. The van der Waals surface area contributed by atoms with Crippen molar-refractivity contribution in [3.63, 3.8) is 0 Å². The lowest BCUT2D eigenvalue weighted by atomic mass is 10.0. The van der Waals surface area contributed by atoms with Crippen molar-refractivity contribution in [2.45, 2.75) is 25.3 Å². The van der Waals surface area contributed by atoms with Crippen LogP contribution in [0.15, 0.2) is 18.2 Å². The van der Waals surface area contributed by atoms with Crippen molar-refractivity contribution in [1.82, 2.24) is 5.32 Å². The smallest absolute Gasteiger partial charge is 0.294 e. The molecule has 1 unspecified atom stereocenters. The van der Waals surface area contributed by atoms with Crippen LogP contribution < -0.4 is 10.2 Å². The molecular formula is C13H18ClN3O2. The molecule has 2 rings (SSSR count). The summed E-state index contributed by atoms with van der Waals surface area (Å²) in [7, 11) is 1.88. The predicted molar refractivity (Wildman–Crippen MR) is 77.0 cm³/mol. The van der Waals surface area contributed by atoms with Gasteiger partial charge in [0.05, 0.1) is 4.92 Å². The van der Waals surface area contributed by atoms with Crippen LogP contribution in [0.2, 0.25) is 5.02 Å². The van der Waals surface area contributed by atoms with E-state index in [4.69, 9.17) is 11.6 Å². The van der Waals surface area contributed by atoms with Crippen molar-refractivity contribution in [2.75, 3.05) is 25.0 Å². The van der Waals surface area contributed by atoms with Crippen LogP contribution >= 0.6 is 11.6 Å². The van der Waals surface area contributed by atoms with Gasteiger partial charge in [0.2, 0.25) is 0 Å². The molecule has 0 saturated carbocycles. The molecule has 5 nitrogen and oxygen atoms in total. The minimum absolute atomic E-state index is 0.0609. The Morgan fingerprint density at radius 2 is 2.32 bits per heavy atom. The van der Waals surface area contributed by atoms with E-state index in [1.165, 1.54) is 18.9 Å². The van der Waals surface area contributed by atoms with Gasteiger partial charge < -0.3 is 10.2 Å². The van der Waals surface area contributed by atoms with Gasteiger partial charge in [0, 0.05) is 30.7 Å². The molecule has 0 aliphatic carbocycles. The van der Waals surface area contributed by atoms with Crippen LogP contribution in [-0.2, 0) is 0 Å². The predicted octanol–water partition coefficient (Wildman–Crippen LogP) is 2.83. The van der Waals surface area contributed by atoms with Gasteiger partial charge >= 0.3 is 0 Å². The van der Waals surface area contributed by atoms with Gasteiger partial charge in [-0.1, -0.05) is 18.0 Å². The molecule has 1 aliphatic heterocycles. The first-order valence-electron chi connectivity index (χ1n) is 6.46. The third-order valence-corrected chi connectivity index (χ3v) is 3.69. The minimum atomic E-state index is -0.383. The van der Waals surface area contributed by atoms with Crippen molar-refractivity contribution in [3.8, 4) is 0 Å². The fourth-order valence-electron chi connectivity index (χ4n) is 2.47. The Morgan fingerprint density at radius 3 is 2.95 bits per heavy atom. The maximum atomic E-state index is 11.1. The number of anilines is 1. The standard InChI is InChI=1S/C13H18ClN3O2/c1-16(9-11-4-2-3-7-15-11)12-6-5-10(14)8-13(12)17(18)19/h5-6,8,11,15H,2-4,7,9H2,1H3. The fraction of sp³-hybridized carbons (Fsp3) is 0.538. The normalized spacial score (nSPS) is 19.2. The van der Waals surface area contributed by atoms with Crippen LogP contribution in [0.4, 0.5) is 11.4 Å². The van der Waals surface area contributed by atoms with E-state index in [0.29, 0.717) is 16.8 Å². The molecule has 0 spiro atoms. The Labute approximate surface area is 117 Å². The van der Waals surface area contributed by atoms with E-state index in [9.17, 15) is 10.1 Å². The van der Waals surface area contributed by atoms with Crippen molar-refractivity contribution in [1.29, 1.82) is 0 Å². The molecule has 1 aromatic rings. The van der Waals surface area contributed by atoms with Gasteiger partial charge in [-0.15, -0.1) is 0 Å². The molecule has 1 atom stereocenters. The summed E-state index contributed by atoms with van der Waals surface area (Å²) in [5, 5.41) is 14.9. The van der Waals surface area contributed by atoms with Crippen LogP contribution in [0.1, 0.15) is 19.3 Å². The van der Waals surface area contributed by atoms with E-state index in [1.54, 1.807) is 12.1 Å². The van der Waals surface area contributed by atoms with Crippen molar-refractivity contribution < 1.29 is 4.92 Å². The average Bonchev–Trinajstić information content (AvgIpc) is 2.39. The lowest BCUT2D eigenvalue weighted by Crippen LogP contribution is -2.42. The van der Waals surface area contributed by atoms with Gasteiger partial charge in [0.1, 0.15) is 5.69 Å². The number of rotatable bonds is 4. The molecule has 0 bridgehead atoms. The largest absolute Gasteiger partial charge is 0.367 e. The van der Waals surface area contributed by atoms with E-state index in [1.807, 2.05) is 11.9 Å². The number of piperidine rings is 1.